The van der Waals surface area contributed by atoms with E-state index in [-0.39, 0.29) is 10.8 Å². The first-order valence-electron chi connectivity index (χ1n) is 4.63. The van der Waals surface area contributed by atoms with Gasteiger partial charge in [-0.3, -0.25) is 4.72 Å². The van der Waals surface area contributed by atoms with Crippen LogP contribution >= 0.6 is 0 Å². The summed E-state index contributed by atoms with van der Waals surface area (Å²) in [7, 11) is -3.76. The number of hydrogen-bond donors (Lipinski definition) is 2. The molecule has 0 saturated carbocycles. The lowest BCUT2D eigenvalue weighted by molar-refractivity contribution is 0.597. The van der Waals surface area contributed by atoms with Gasteiger partial charge in [-0.05, 0) is 19.1 Å². The first kappa shape index (κ1) is 11.5. The molecule has 2 aromatic heterocycles. The molecule has 0 fully saturated rings. The monoisotopic (exact) mass is 256 g/mol. The van der Waals surface area contributed by atoms with E-state index in [1.165, 1.54) is 12.3 Å². The largest absolute Gasteiger partial charge is 0.332 e. The molecule has 0 aliphatic heterocycles. The number of aryl methyl sites for hydroxylation is 1. The summed E-state index contributed by atoms with van der Waals surface area (Å²) in [6, 6.07) is 2.35. The Kier molecular flexibility index (Phi) is 2.80. The Morgan fingerprint density at radius 3 is 2.59 bits per heavy atom. The molecule has 2 aromatic rings. The summed E-state index contributed by atoms with van der Waals surface area (Å²) in [5.74, 6) is -0.0126. The van der Waals surface area contributed by atoms with E-state index in [4.69, 9.17) is 0 Å². The minimum atomic E-state index is -3.76. The third-order valence-electron chi connectivity index (χ3n) is 1.94. The molecular weight excluding hydrogens is 247 g/mol. The zero-order valence-electron chi connectivity index (χ0n) is 8.81. The molecule has 0 unspecified atom stereocenters. The van der Waals surface area contributed by atoms with E-state index in [1.807, 2.05) is 0 Å². The van der Waals surface area contributed by atoms with Crippen LogP contribution in [0, 0.1) is 12.7 Å². The lowest BCUT2D eigenvalue weighted by atomic mass is 10.5. The summed E-state index contributed by atoms with van der Waals surface area (Å²) >= 11 is 0. The average Bonchev–Trinajstić information content (AvgIpc) is 2.69. The van der Waals surface area contributed by atoms with Crippen molar-refractivity contribution in [3.63, 3.8) is 0 Å². The Labute approximate surface area is 97.0 Å². The van der Waals surface area contributed by atoms with E-state index in [0.29, 0.717) is 5.82 Å². The van der Waals surface area contributed by atoms with Crippen molar-refractivity contribution in [2.24, 2.45) is 0 Å². The highest BCUT2D eigenvalue weighted by Crippen LogP contribution is 2.12. The lowest BCUT2D eigenvalue weighted by Crippen LogP contribution is -2.14. The Bertz CT molecular complexity index is 621. The molecule has 2 N–H and O–H groups in total. The second-order valence-electron chi connectivity index (χ2n) is 3.30. The number of hydrogen-bond acceptors (Lipinski definition) is 4. The van der Waals surface area contributed by atoms with E-state index in [1.54, 1.807) is 6.92 Å². The van der Waals surface area contributed by atoms with Crippen LogP contribution < -0.4 is 4.72 Å². The van der Waals surface area contributed by atoms with Gasteiger partial charge in [-0.1, -0.05) is 0 Å². The van der Waals surface area contributed by atoms with Crippen LogP contribution in [0.25, 0.3) is 0 Å². The van der Waals surface area contributed by atoms with Crippen LogP contribution in [0.3, 0.4) is 0 Å². The number of aromatic nitrogens is 3. The van der Waals surface area contributed by atoms with Gasteiger partial charge >= 0.3 is 0 Å². The van der Waals surface area contributed by atoms with Crippen LogP contribution in [-0.2, 0) is 10.0 Å². The SMILES string of the molecule is Cc1ncc(S(=O)(=O)Nc2ccc(F)cn2)[nH]1. The number of H-pyrrole nitrogens is 1. The molecule has 17 heavy (non-hydrogen) atoms. The molecule has 0 spiro atoms. The maximum Gasteiger partial charge on any atom is 0.280 e. The molecule has 6 nitrogen and oxygen atoms in total. The van der Waals surface area contributed by atoms with Gasteiger partial charge in [0.1, 0.15) is 17.5 Å². The molecule has 2 rings (SSSR count). The van der Waals surface area contributed by atoms with Gasteiger partial charge in [0.15, 0.2) is 5.03 Å². The van der Waals surface area contributed by atoms with E-state index in [2.05, 4.69) is 19.7 Å². The third-order valence-corrected chi connectivity index (χ3v) is 3.20. The van der Waals surface area contributed by atoms with Gasteiger partial charge in [0, 0.05) is 0 Å². The predicted octanol–water partition coefficient (Wildman–Crippen LogP) is 1.05. The van der Waals surface area contributed by atoms with Crippen molar-refractivity contribution < 1.29 is 12.8 Å². The second-order valence-corrected chi connectivity index (χ2v) is 4.95. The minimum absolute atomic E-state index is 0.0404. The molecule has 0 bridgehead atoms. The molecule has 8 heteroatoms. The van der Waals surface area contributed by atoms with Crippen LogP contribution in [0.15, 0.2) is 29.6 Å². The fourth-order valence-corrected chi connectivity index (χ4v) is 2.14. The van der Waals surface area contributed by atoms with E-state index in [9.17, 15) is 12.8 Å². The number of rotatable bonds is 3. The first-order valence-corrected chi connectivity index (χ1v) is 6.12. The van der Waals surface area contributed by atoms with Crippen LogP contribution in [0.1, 0.15) is 5.82 Å². The van der Waals surface area contributed by atoms with Crippen molar-refractivity contribution in [3.8, 4) is 0 Å². The van der Waals surface area contributed by atoms with Crippen molar-refractivity contribution in [3.05, 3.63) is 36.2 Å². The lowest BCUT2D eigenvalue weighted by Gasteiger charge is -2.04. The molecular formula is C9H9FN4O2S. The number of nitrogens with one attached hydrogen (secondary N) is 2. The summed E-state index contributed by atoms with van der Waals surface area (Å²) in [5.41, 5.74) is 0. The molecule has 0 aliphatic rings. The maximum atomic E-state index is 12.6. The predicted molar refractivity (Wildman–Crippen MR) is 58.3 cm³/mol. The second kappa shape index (κ2) is 4.13. The molecule has 2 heterocycles. The topological polar surface area (TPSA) is 87.7 Å². The molecule has 0 radical (unpaired) electrons. The highest BCUT2D eigenvalue weighted by Gasteiger charge is 2.16. The van der Waals surface area contributed by atoms with Gasteiger partial charge in [0.25, 0.3) is 10.0 Å². The summed E-state index contributed by atoms with van der Waals surface area (Å²) in [5, 5.41) is -0.0684. The smallest absolute Gasteiger partial charge is 0.280 e. The van der Waals surface area contributed by atoms with Gasteiger partial charge < -0.3 is 4.98 Å². The van der Waals surface area contributed by atoms with Crippen LogP contribution in [0.4, 0.5) is 10.2 Å². The van der Waals surface area contributed by atoms with Gasteiger partial charge in [-0.2, -0.15) is 8.42 Å². The van der Waals surface area contributed by atoms with Gasteiger partial charge in [0.05, 0.1) is 12.4 Å². The summed E-state index contributed by atoms with van der Waals surface area (Å²) in [6.45, 7) is 1.63. The molecule has 0 aliphatic carbocycles. The van der Waals surface area contributed by atoms with Crippen molar-refractivity contribution in [2.45, 2.75) is 11.9 Å². The van der Waals surface area contributed by atoms with Crippen LogP contribution in [0.5, 0.6) is 0 Å². The fraction of sp³-hybridized carbons (Fsp3) is 0.111. The minimum Gasteiger partial charge on any atom is -0.332 e. The van der Waals surface area contributed by atoms with Crippen molar-refractivity contribution >= 4 is 15.8 Å². The summed E-state index contributed by atoms with van der Waals surface area (Å²) in [4.78, 5) is 9.96. The maximum absolute atomic E-state index is 12.6. The number of pyridine rings is 1. The molecule has 0 atom stereocenters. The molecule has 0 saturated heterocycles. The van der Waals surface area contributed by atoms with Crippen molar-refractivity contribution in [2.75, 3.05) is 4.72 Å². The number of nitrogens with zero attached hydrogens (tertiary/aromatic N) is 2. The van der Waals surface area contributed by atoms with Gasteiger partial charge in [0.2, 0.25) is 0 Å². The number of aromatic amines is 1. The Hall–Kier alpha value is -1.96. The first-order chi connectivity index (χ1) is 7.97. The summed E-state index contributed by atoms with van der Waals surface area (Å²) in [6.07, 6.45) is 2.12. The Morgan fingerprint density at radius 2 is 2.06 bits per heavy atom. The Morgan fingerprint density at radius 1 is 1.29 bits per heavy atom. The number of sulfonamides is 1. The van der Waals surface area contributed by atoms with E-state index in [0.717, 1.165) is 12.3 Å². The summed E-state index contributed by atoms with van der Waals surface area (Å²) < 4.78 is 38.4. The molecule has 90 valence electrons. The number of anilines is 1. The third kappa shape index (κ3) is 2.59. The zero-order valence-corrected chi connectivity index (χ0v) is 9.62. The highest BCUT2D eigenvalue weighted by atomic mass is 32.2. The normalized spacial score (nSPS) is 11.4. The van der Waals surface area contributed by atoms with E-state index >= 15 is 0 Å². The number of imidazole rings is 1. The number of halogens is 1. The van der Waals surface area contributed by atoms with E-state index < -0.39 is 15.8 Å². The van der Waals surface area contributed by atoms with Crippen LogP contribution in [-0.4, -0.2) is 23.4 Å². The quantitative estimate of drug-likeness (QED) is 0.859. The molecule has 0 amide bonds. The fourth-order valence-electron chi connectivity index (χ4n) is 1.16. The van der Waals surface area contributed by atoms with Gasteiger partial charge in [-0.25, -0.2) is 14.4 Å². The average molecular weight is 256 g/mol. The standard InChI is InChI=1S/C9H9FN4O2S/c1-6-11-5-9(13-6)17(15,16)14-8-3-2-7(10)4-12-8/h2-5H,1H3,(H,11,13)(H,12,14). The van der Waals surface area contributed by atoms with Crippen molar-refractivity contribution in [1.82, 2.24) is 15.0 Å². The Balaban J connectivity index is 2.26. The highest BCUT2D eigenvalue weighted by molar-refractivity contribution is 7.92. The van der Waals surface area contributed by atoms with Gasteiger partial charge in [-0.15, -0.1) is 0 Å². The zero-order chi connectivity index (χ0) is 12.5. The van der Waals surface area contributed by atoms with Crippen molar-refractivity contribution in [1.29, 1.82) is 0 Å². The van der Waals surface area contributed by atoms with Crippen LogP contribution in [0.2, 0.25) is 0 Å². The molecule has 0 aromatic carbocycles.